The minimum absolute atomic E-state index is 0.143. The van der Waals surface area contributed by atoms with Crippen molar-refractivity contribution in [3.63, 3.8) is 0 Å². The smallest absolute Gasteiger partial charge is 0.320 e. The van der Waals surface area contributed by atoms with E-state index in [0.29, 0.717) is 18.3 Å². The molecule has 2 amide bonds. The molecule has 0 atom stereocenters. The normalized spacial score (nSPS) is 16.3. The third-order valence-electron chi connectivity index (χ3n) is 4.01. The quantitative estimate of drug-likeness (QED) is 0.829. The van der Waals surface area contributed by atoms with E-state index in [1.807, 2.05) is 37.5 Å². The van der Waals surface area contributed by atoms with E-state index in [0.717, 1.165) is 39.3 Å². The second-order valence-electron chi connectivity index (χ2n) is 5.91. The Kier molecular flexibility index (Phi) is 5.76. The molecular formula is C15H27N5O2. The standard InChI is InChI=1S/C15H27N5O2/c1-5-19(6-2)15(21)20-9-7-18(8-10-20)11-13-16-17-14(22-13)12(3)4/h12H,5-11H2,1-4H3. The Bertz CT molecular complexity index is 476. The second kappa shape index (κ2) is 7.58. The molecule has 1 aliphatic rings. The van der Waals surface area contributed by atoms with Crippen LogP contribution in [-0.4, -0.2) is 70.2 Å². The van der Waals surface area contributed by atoms with Gasteiger partial charge < -0.3 is 14.2 Å². The molecule has 7 heteroatoms. The number of hydrogen-bond donors (Lipinski definition) is 0. The summed E-state index contributed by atoms with van der Waals surface area (Å²) < 4.78 is 5.64. The lowest BCUT2D eigenvalue weighted by atomic mass is 10.2. The van der Waals surface area contributed by atoms with Crippen LogP contribution in [0.4, 0.5) is 4.79 Å². The molecule has 1 aliphatic heterocycles. The zero-order valence-corrected chi connectivity index (χ0v) is 14.1. The van der Waals surface area contributed by atoms with Crippen LogP contribution < -0.4 is 0 Å². The van der Waals surface area contributed by atoms with Gasteiger partial charge in [-0.3, -0.25) is 4.90 Å². The second-order valence-corrected chi connectivity index (χ2v) is 5.91. The van der Waals surface area contributed by atoms with Gasteiger partial charge in [-0.2, -0.15) is 0 Å². The van der Waals surface area contributed by atoms with Gasteiger partial charge in [-0.05, 0) is 13.8 Å². The number of amides is 2. The van der Waals surface area contributed by atoms with Crippen molar-refractivity contribution in [2.24, 2.45) is 0 Å². The van der Waals surface area contributed by atoms with E-state index in [4.69, 9.17) is 4.42 Å². The topological polar surface area (TPSA) is 65.7 Å². The van der Waals surface area contributed by atoms with Crippen molar-refractivity contribution in [1.29, 1.82) is 0 Å². The van der Waals surface area contributed by atoms with Crippen molar-refractivity contribution in [2.45, 2.75) is 40.2 Å². The number of urea groups is 1. The molecule has 1 aromatic rings. The van der Waals surface area contributed by atoms with E-state index in [-0.39, 0.29) is 11.9 Å². The Morgan fingerprint density at radius 3 is 2.32 bits per heavy atom. The van der Waals surface area contributed by atoms with Gasteiger partial charge in [0.1, 0.15) is 0 Å². The van der Waals surface area contributed by atoms with Gasteiger partial charge >= 0.3 is 6.03 Å². The molecule has 1 fully saturated rings. The van der Waals surface area contributed by atoms with E-state index in [2.05, 4.69) is 15.1 Å². The highest BCUT2D eigenvalue weighted by molar-refractivity contribution is 5.74. The van der Waals surface area contributed by atoms with Gasteiger partial charge in [0.15, 0.2) is 0 Å². The molecule has 0 saturated carbocycles. The molecule has 0 unspecified atom stereocenters. The number of nitrogens with zero attached hydrogens (tertiary/aromatic N) is 5. The highest BCUT2D eigenvalue weighted by atomic mass is 16.4. The molecule has 2 heterocycles. The maximum atomic E-state index is 12.3. The third kappa shape index (κ3) is 3.97. The number of rotatable bonds is 5. The monoisotopic (exact) mass is 309 g/mol. The zero-order valence-electron chi connectivity index (χ0n) is 14.1. The summed E-state index contributed by atoms with van der Waals surface area (Å²) in [5.41, 5.74) is 0. The first-order valence-corrected chi connectivity index (χ1v) is 8.13. The van der Waals surface area contributed by atoms with Crippen molar-refractivity contribution in [3.8, 4) is 0 Å². The summed E-state index contributed by atoms with van der Waals surface area (Å²) in [4.78, 5) is 18.3. The molecule has 22 heavy (non-hydrogen) atoms. The third-order valence-corrected chi connectivity index (χ3v) is 4.01. The summed E-state index contributed by atoms with van der Waals surface area (Å²) >= 11 is 0. The first kappa shape index (κ1) is 16.7. The van der Waals surface area contributed by atoms with Crippen molar-refractivity contribution < 1.29 is 9.21 Å². The van der Waals surface area contributed by atoms with Crippen molar-refractivity contribution >= 4 is 6.03 Å². The van der Waals surface area contributed by atoms with Crippen LogP contribution in [0.2, 0.25) is 0 Å². The molecule has 0 aromatic carbocycles. The van der Waals surface area contributed by atoms with Gasteiger partial charge in [-0.15, -0.1) is 10.2 Å². The van der Waals surface area contributed by atoms with Crippen LogP contribution in [-0.2, 0) is 6.54 Å². The van der Waals surface area contributed by atoms with Crippen molar-refractivity contribution in [2.75, 3.05) is 39.3 Å². The Balaban J connectivity index is 1.82. The van der Waals surface area contributed by atoms with E-state index in [1.165, 1.54) is 0 Å². The molecule has 7 nitrogen and oxygen atoms in total. The summed E-state index contributed by atoms with van der Waals surface area (Å²) in [5, 5.41) is 8.15. The Hall–Kier alpha value is -1.63. The minimum Gasteiger partial charge on any atom is -0.424 e. The Labute approximate surface area is 132 Å². The number of piperazine rings is 1. The van der Waals surface area contributed by atoms with Gasteiger partial charge in [0, 0.05) is 45.2 Å². The molecule has 0 spiro atoms. The lowest BCUT2D eigenvalue weighted by Gasteiger charge is -2.36. The predicted octanol–water partition coefficient (Wildman–Crippen LogP) is 1.77. The van der Waals surface area contributed by atoms with E-state index < -0.39 is 0 Å². The molecule has 0 radical (unpaired) electrons. The zero-order chi connectivity index (χ0) is 16.1. The van der Waals surface area contributed by atoms with Crippen LogP contribution in [0.3, 0.4) is 0 Å². The van der Waals surface area contributed by atoms with E-state index in [1.54, 1.807) is 0 Å². The molecule has 2 rings (SSSR count). The molecule has 0 aliphatic carbocycles. The van der Waals surface area contributed by atoms with Gasteiger partial charge in [-0.25, -0.2) is 4.79 Å². The lowest BCUT2D eigenvalue weighted by Crippen LogP contribution is -2.52. The van der Waals surface area contributed by atoms with Gasteiger partial charge in [0.05, 0.1) is 6.54 Å². The largest absolute Gasteiger partial charge is 0.424 e. The SMILES string of the molecule is CCN(CC)C(=O)N1CCN(Cc2nnc(C(C)C)o2)CC1. The summed E-state index contributed by atoms with van der Waals surface area (Å²) in [7, 11) is 0. The van der Waals surface area contributed by atoms with Gasteiger partial charge in [0.25, 0.3) is 0 Å². The summed E-state index contributed by atoms with van der Waals surface area (Å²) in [6.45, 7) is 13.5. The van der Waals surface area contributed by atoms with Crippen LogP contribution in [0.5, 0.6) is 0 Å². The number of carbonyl (C=O) groups excluding carboxylic acids is 1. The fraction of sp³-hybridized carbons (Fsp3) is 0.800. The minimum atomic E-state index is 0.143. The van der Waals surface area contributed by atoms with Crippen molar-refractivity contribution in [3.05, 3.63) is 11.8 Å². The lowest BCUT2D eigenvalue weighted by molar-refractivity contribution is 0.107. The number of hydrogen-bond acceptors (Lipinski definition) is 5. The Morgan fingerprint density at radius 1 is 1.18 bits per heavy atom. The summed E-state index contributed by atoms with van der Waals surface area (Å²) in [5.74, 6) is 1.60. The summed E-state index contributed by atoms with van der Waals surface area (Å²) in [6.07, 6.45) is 0. The maximum absolute atomic E-state index is 12.3. The van der Waals surface area contributed by atoms with E-state index >= 15 is 0 Å². The highest BCUT2D eigenvalue weighted by Crippen LogP contribution is 2.14. The first-order valence-electron chi connectivity index (χ1n) is 8.13. The van der Waals surface area contributed by atoms with Crippen LogP contribution in [0.1, 0.15) is 45.4 Å². The Morgan fingerprint density at radius 2 is 1.82 bits per heavy atom. The molecule has 0 N–H and O–H groups in total. The maximum Gasteiger partial charge on any atom is 0.320 e. The highest BCUT2D eigenvalue weighted by Gasteiger charge is 2.24. The fourth-order valence-electron chi connectivity index (χ4n) is 2.55. The van der Waals surface area contributed by atoms with Crippen LogP contribution in [0.15, 0.2) is 4.42 Å². The molecule has 1 aromatic heterocycles. The van der Waals surface area contributed by atoms with Gasteiger partial charge in [0.2, 0.25) is 11.8 Å². The molecular weight excluding hydrogens is 282 g/mol. The molecule has 124 valence electrons. The summed E-state index contributed by atoms with van der Waals surface area (Å²) in [6, 6.07) is 0.143. The first-order chi connectivity index (χ1) is 10.5. The van der Waals surface area contributed by atoms with Crippen LogP contribution >= 0.6 is 0 Å². The van der Waals surface area contributed by atoms with Gasteiger partial charge in [-0.1, -0.05) is 13.8 Å². The molecule has 1 saturated heterocycles. The average molecular weight is 309 g/mol. The molecule has 0 bridgehead atoms. The van der Waals surface area contributed by atoms with Crippen molar-refractivity contribution in [1.82, 2.24) is 24.9 Å². The van der Waals surface area contributed by atoms with E-state index in [9.17, 15) is 4.79 Å². The number of aromatic nitrogens is 2. The fourth-order valence-corrected chi connectivity index (χ4v) is 2.55. The van der Waals surface area contributed by atoms with Crippen LogP contribution in [0.25, 0.3) is 0 Å². The number of carbonyl (C=O) groups is 1. The van der Waals surface area contributed by atoms with Crippen LogP contribution in [0, 0.1) is 0 Å². The average Bonchev–Trinajstić information content (AvgIpc) is 2.98. The predicted molar refractivity (Wildman–Crippen MR) is 83.6 cm³/mol.